The average molecular weight is 373 g/mol. The fourth-order valence-corrected chi connectivity index (χ4v) is 3.80. The summed E-state index contributed by atoms with van der Waals surface area (Å²) in [6.45, 7) is 1.21. The molecular formula is C15H21BrN2O2S. The summed E-state index contributed by atoms with van der Waals surface area (Å²) in [4.78, 5) is 13.0. The van der Waals surface area contributed by atoms with Crippen molar-refractivity contribution in [3.63, 3.8) is 0 Å². The zero-order chi connectivity index (χ0) is 15.1. The second-order valence-corrected chi connectivity index (χ2v) is 7.12. The average Bonchev–Trinajstić information content (AvgIpc) is 2.91. The Morgan fingerprint density at radius 3 is 2.95 bits per heavy atom. The summed E-state index contributed by atoms with van der Waals surface area (Å²) in [5.41, 5.74) is 0. The number of rotatable bonds is 7. The number of hydrogen-bond donors (Lipinski definition) is 3. The first-order valence-electron chi connectivity index (χ1n) is 7.23. The molecule has 1 saturated heterocycles. The molecule has 0 spiro atoms. The molecule has 0 aromatic heterocycles. The Balaban J connectivity index is 1.54. The molecule has 0 saturated carbocycles. The van der Waals surface area contributed by atoms with Gasteiger partial charge in [0.25, 0.3) is 0 Å². The van der Waals surface area contributed by atoms with Crippen molar-refractivity contribution >= 4 is 33.6 Å². The minimum atomic E-state index is -0.388. The van der Waals surface area contributed by atoms with Gasteiger partial charge in [-0.15, -0.1) is 11.8 Å². The Hall–Kier alpha value is -0.560. The van der Waals surface area contributed by atoms with E-state index >= 15 is 0 Å². The number of thioether (sulfide) groups is 1. The number of halogens is 1. The zero-order valence-electron chi connectivity index (χ0n) is 11.8. The van der Waals surface area contributed by atoms with E-state index in [-0.39, 0.29) is 18.1 Å². The molecule has 2 unspecified atom stereocenters. The molecule has 1 aromatic rings. The van der Waals surface area contributed by atoms with Crippen LogP contribution < -0.4 is 10.6 Å². The molecular weight excluding hydrogens is 352 g/mol. The van der Waals surface area contributed by atoms with E-state index in [1.807, 2.05) is 30.0 Å². The van der Waals surface area contributed by atoms with E-state index in [9.17, 15) is 9.90 Å². The Bertz CT molecular complexity index is 473. The summed E-state index contributed by atoms with van der Waals surface area (Å²) in [5, 5.41) is 15.3. The lowest BCUT2D eigenvalue weighted by Crippen LogP contribution is -2.40. The van der Waals surface area contributed by atoms with Crippen LogP contribution in [0.3, 0.4) is 0 Å². The van der Waals surface area contributed by atoms with Gasteiger partial charge in [-0.1, -0.05) is 12.1 Å². The van der Waals surface area contributed by atoms with Crippen LogP contribution in [-0.2, 0) is 4.79 Å². The fraction of sp³-hybridized carbons (Fsp3) is 0.533. The molecule has 0 radical (unpaired) electrons. The highest BCUT2D eigenvalue weighted by molar-refractivity contribution is 9.10. The van der Waals surface area contributed by atoms with Crippen LogP contribution in [-0.4, -0.2) is 42.0 Å². The predicted molar refractivity (Wildman–Crippen MR) is 89.5 cm³/mol. The third kappa shape index (κ3) is 5.62. The SMILES string of the molecule is O=C(NCCCCSc1ccccc1Br)C1CC(O)CN1. The summed E-state index contributed by atoms with van der Waals surface area (Å²) >= 11 is 5.36. The molecule has 3 N–H and O–H groups in total. The predicted octanol–water partition coefficient (Wildman–Crippen LogP) is 2.16. The van der Waals surface area contributed by atoms with Crippen LogP contribution in [0, 0.1) is 0 Å². The van der Waals surface area contributed by atoms with Crippen LogP contribution in [0.25, 0.3) is 0 Å². The lowest BCUT2D eigenvalue weighted by molar-refractivity contribution is -0.122. The van der Waals surface area contributed by atoms with E-state index in [2.05, 4.69) is 32.6 Å². The molecule has 1 aliphatic rings. The maximum absolute atomic E-state index is 11.8. The number of nitrogens with one attached hydrogen (secondary N) is 2. The highest BCUT2D eigenvalue weighted by Gasteiger charge is 2.27. The van der Waals surface area contributed by atoms with E-state index in [0.29, 0.717) is 19.5 Å². The van der Waals surface area contributed by atoms with Crippen molar-refractivity contribution in [2.45, 2.75) is 36.3 Å². The molecule has 1 amide bonds. The normalized spacial score (nSPS) is 21.4. The molecule has 0 bridgehead atoms. The maximum atomic E-state index is 11.8. The van der Waals surface area contributed by atoms with Gasteiger partial charge in [0.15, 0.2) is 0 Å². The number of benzene rings is 1. The van der Waals surface area contributed by atoms with Crippen LogP contribution in [0.5, 0.6) is 0 Å². The van der Waals surface area contributed by atoms with Crippen molar-refractivity contribution in [1.82, 2.24) is 10.6 Å². The summed E-state index contributed by atoms with van der Waals surface area (Å²) in [6.07, 6.45) is 2.16. The highest BCUT2D eigenvalue weighted by atomic mass is 79.9. The molecule has 1 aromatic carbocycles. The quantitative estimate of drug-likeness (QED) is 0.506. The molecule has 4 nitrogen and oxygen atoms in total. The Morgan fingerprint density at radius 2 is 2.24 bits per heavy atom. The number of amides is 1. The van der Waals surface area contributed by atoms with E-state index in [1.165, 1.54) is 4.90 Å². The smallest absolute Gasteiger partial charge is 0.237 e. The number of unbranched alkanes of at least 4 members (excludes halogenated alkanes) is 1. The molecule has 1 heterocycles. The molecule has 2 atom stereocenters. The molecule has 1 fully saturated rings. The third-order valence-electron chi connectivity index (χ3n) is 3.39. The van der Waals surface area contributed by atoms with Crippen molar-refractivity contribution in [3.8, 4) is 0 Å². The van der Waals surface area contributed by atoms with Crippen molar-refractivity contribution in [3.05, 3.63) is 28.7 Å². The molecule has 0 aliphatic carbocycles. The van der Waals surface area contributed by atoms with Gasteiger partial charge in [-0.2, -0.15) is 0 Å². The Labute approximate surface area is 138 Å². The Kier molecular flexibility index (Phi) is 7.03. The van der Waals surface area contributed by atoms with Gasteiger partial charge in [-0.05, 0) is 53.1 Å². The monoisotopic (exact) mass is 372 g/mol. The first-order valence-corrected chi connectivity index (χ1v) is 9.01. The number of carbonyl (C=O) groups is 1. The topological polar surface area (TPSA) is 61.4 Å². The lowest BCUT2D eigenvalue weighted by Gasteiger charge is -2.10. The molecule has 1 aliphatic heterocycles. The van der Waals surface area contributed by atoms with E-state index < -0.39 is 0 Å². The summed E-state index contributed by atoms with van der Waals surface area (Å²) < 4.78 is 1.13. The first-order chi connectivity index (χ1) is 10.2. The number of carbonyl (C=O) groups excluding carboxylic acids is 1. The van der Waals surface area contributed by atoms with Gasteiger partial charge in [0.1, 0.15) is 0 Å². The van der Waals surface area contributed by atoms with Gasteiger partial charge < -0.3 is 15.7 Å². The van der Waals surface area contributed by atoms with Crippen LogP contribution >= 0.6 is 27.7 Å². The second-order valence-electron chi connectivity index (χ2n) is 5.13. The van der Waals surface area contributed by atoms with Gasteiger partial charge in [-0.3, -0.25) is 4.79 Å². The molecule has 21 heavy (non-hydrogen) atoms. The van der Waals surface area contributed by atoms with Gasteiger partial charge in [0, 0.05) is 22.5 Å². The van der Waals surface area contributed by atoms with Crippen molar-refractivity contribution < 1.29 is 9.90 Å². The minimum absolute atomic E-state index is 0.00464. The number of aliphatic hydroxyl groups is 1. The van der Waals surface area contributed by atoms with E-state index in [1.54, 1.807) is 0 Å². The van der Waals surface area contributed by atoms with Gasteiger partial charge in [0.05, 0.1) is 12.1 Å². The van der Waals surface area contributed by atoms with E-state index in [0.717, 1.165) is 23.1 Å². The van der Waals surface area contributed by atoms with Crippen LogP contribution in [0.2, 0.25) is 0 Å². The van der Waals surface area contributed by atoms with Gasteiger partial charge in [0.2, 0.25) is 5.91 Å². The zero-order valence-corrected chi connectivity index (χ0v) is 14.3. The number of β-amino-alcohol motifs (C(OH)–C–C–N with tert-alkyl or cyclic N) is 1. The molecule has 6 heteroatoms. The van der Waals surface area contributed by atoms with Crippen LogP contribution in [0.1, 0.15) is 19.3 Å². The number of hydrogen-bond acceptors (Lipinski definition) is 4. The third-order valence-corrected chi connectivity index (χ3v) is 5.50. The van der Waals surface area contributed by atoms with Crippen molar-refractivity contribution in [2.75, 3.05) is 18.8 Å². The molecule has 116 valence electrons. The number of aliphatic hydroxyl groups excluding tert-OH is 1. The fourth-order valence-electron chi connectivity index (χ4n) is 2.22. The summed E-state index contributed by atoms with van der Waals surface area (Å²) in [6, 6.07) is 7.97. The van der Waals surface area contributed by atoms with Gasteiger partial charge in [-0.25, -0.2) is 0 Å². The summed E-state index contributed by atoms with van der Waals surface area (Å²) in [7, 11) is 0. The molecule has 2 rings (SSSR count). The van der Waals surface area contributed by atoms with Gasteiger partial charge >= 0.3 is 0 Å². The van der Waals surface area contributed by atoms with E-state index in [4.69, 9.17) is 0 Å². The first kappa shape index (κ1) is 16.8. The largest absolute Gasteiger partial charge is 0.392 e. The Morgan fingerprint density at radius 1 is 1.43 bits per heavy atom. The van der Waals surface area contributed by atoms with Crippen molar-refractivity contribution in [1.29, 1.82) is 0 Å². The summed E-state index contributed by atoms with van der Waals surface area (Å²) in [5.74, 6) is 1.05. The standard InChI is InChI=1S/C15H21BrN2O2S/c16-12-5-1-2-6-14(12)21-8-4-3-7-17-15(20)13-9-11(19)10-18-13/h1-2,5-6,11,13,18-19H,3-4,7-10H2,(H,17,20). The van der Waals surface area contributed by atoms with Crippen LogP contribution in [0.4, 0.5) is 0 Å². The van der Waals surface area contributed by atoms with Crippen molar-refractivity contribution in [2.24, 2.45) is 0 Å². The lowest BCUT2D eigenvalue weighted by atomic mass is 10.2. The van der Waals surface area contributed by atoms with Crippen LogP contribution in [0.15, 0.2) is 33.6 Å². The second kappa shape index (κ2) is 8.78. The maximum Gasteiger partial charge on any atom is 0.237 e. The highest BCUT2D eigenvalue weighted by Crippen LogP contribution is 2.27. The minimum Gasteiger partial charge on any atom is -0.392 e.